The predicted octanol–water partition coefficient (Wildman–Crippen LogP) is 0.245. The van der Waals surface area contributed by atoms with E-state index in [0.717, 1.165) is 49.4 Å². The molecule has 1 aromatic rings. The molecule has 3 amide bonds. The van der Waals surface area contributed by atoms with E-state index in [1.165, 1.54) is 0 Å². The summed E-state index contributed by atoms with van der Waals surface area (Å²) in [7, 11) is 0. The number of hydrogen-bond donors (Lipinski definition) is 2. The summed E-state index contributed by atoms with van der Waals surface area (Å²) in [5.41, 5.74) is 8.95. The molecule has 0 radical (unpaired) electrons. The molecule has 0 saturated carbocycles. The van der Waals surface area contributed by atoms with Crippen LogP contribution >= 0.6 is 0 Å². The molecule has 1 aromatic carbocycles. The molecule has 8 heteroatoms. The molecule has 0 bridgehead atoms. The number of piperidine rings is 1. The minimum atomic E-state index is -0.581. The van der Waals surface area contributed by atoms with Crippen LogP contribution in [0, 0.1) is 11.3 Å². The van der Waals surface area contributed by atoms with Crippen molar-refractivity contribution in [2.75, 3.05) is 32.8 Å². The van der Waals surface area contributed by atoms with E-state index in [1.807, 2.05) is 18.2 Å². The van der Waals surface area contributed by atoms with Gasteiger partial charge in [-0.3, -0.25) is 24.6 Å². The number of carbonyl (C=O) groups is 3. The zero-order valence-electron chi connectivity index (χ0n) is 17.1. The Morgan fingerprint density at radius 1 is 1.27 bits per heavy atom. The highest BCUT2D eigenvalue weighted by Crippen LogP contribution is 2.42. The van der Waals surface area contributed by atoms with E-state index >= 15 is 0 Å². The summed E-state index contributed by atoms with van der Waals surface area (Å²) in [6.45, 7) is 5.13. The Morgan fingerprint density at radius 2 is 2.13 bits per heavy atom. The quantitative estimate of drug-likeness (QED) is 0.687. The van der Waals surface area contributed by atoms with Gasteiger partial charge in [-0.25, -0.2) is 0 Å². The van der Waals surface area contributed by atoms with Crippen molar-refractivity contribution in [1.29, 1.82) is 0 Å². The summed E-state index contributed by atoms with van der Waals surface area (Å²) in [6, 6.07) is 5.38. The summed E-state index contributed by atoms with van der Waals surface area (Å²) in [6.07, 6.45) is 1.63. The number of fused-ring (bicyclic) bond motifs is 2. The summed E-state index contributed by atoms with van der Waals surface area (Å²) in [5, 5.41) is 2.36. The lowest BCUT2D eigenvalue weighted by atomic mass is 9.74. The lowest BCUT2D eigenvalue weighted by Gasteiger charge is -2.37. The minimum absolute atomic E-state index is 0.108. The molecular weight excluding hydrogens is 384 g/mol. The third-order valence-corrected chi connectivity index (χ3v) is 7.39. The second kappa shape index (κ2) is 7.44. The van der Waals surface area contributed by atoms with Crippen LogP contribution in [0.15, 0.2) is 18.2 Å². The van der Waals surface area contributed by atoms with Crippen LogP contribution in [0.5, 0.6) is 0 Å². The van der Waals surface area contributed by atoms with Crippen molar-refractivity contribution in [2.45, 2.75) is 38.4 Å². The molecule has 3 atom stereocenters. The van der Waals surface area contributed by atoms with Gasteiger partial charge in [-0.1, -0.05) is 18.2 Å². The van der Waals surface area contributed by atoms with Gasteiger partial charge in [-0.05, 0) is 30.5 Å². The highest BCUT2D eigenvalue weighted by atomic mass is 16.5. The van der Waals surface area contributed by atoms with Crippen molar-refractivity contribution in [3.8, 4) is 0 Å². The molecule has 3 saturated heterocycles. The maximum absolute atomic E-state index is 13.3. The van der Waals surface area contributed by atoms with E-state index < -0.39 is 6.04 Å². The van der Waals surface area contributed by atoms with Gasteiger partial charge < -0.3 is 15.4 Å². The number of rotatable bonds is 4. The van der Waals surface area contributed by atoms with Crippen LogP contribution in [-0.2, 0) is 27.4 Å². The number of imide groups is 1. The lowest BCUT2D eigenvalue weighted by Crippen LogP contribution is -2.52. The van der Waals surface area contributed by atoms with Crippen molar-refractivity contribution >= 4 is 17.7 Å². The third kappa shape index (κ3) is 3.14. The molecule has 160 valence electrons. The maximum atomic E-state index is 13.3. The van der Waals surface area contributed by atoms with Crippen LogP contribution in [0.3, 0.4) is 0 Å². The zero-order valence-corrected chi connectivity index (χ0v) is 17.1. The van der Waals surface area contributed by atoms with Gasteiger partial charge in [-0.15, -0.1) is 0 Å². The van der Waals surface area contributed by atoms with Gasteiger partial charge in [0.15, 0.2) is 0 Å². The largest absolute Gasteiger partial charge is 0.381 e. The first-order chi connectivity index (χ1) is 14.5. The fourth-order valence-corrected chi connectivity index (χ4v) is 5.67. The van der Waals surface area contributed by atoms with Gasteiger partial charge >= 0.3 is 0 Å². The van der Waals surface area contributed by atoms with Crippen LogP contribution in [0.1, 0.15) is 40.7 Å². The number of nitrogens with two attached hydrogens (primary N) is 1. The molecule has 30 heavy (non-hydrogen) atoms. The Morgan fingerprint density at radius 3 is 2.90 bits per heavy atom. The Kier molecular flexibility index (Phi) is 4.88. The third-order valence-electron chi connectivity index (χ3n) is 7.39. The Balaban J connectivity index is 1.35. The fraction of sp³-hybridized carbons (Fsp3) is 0.591. The lowest BCUT2D eigenvalue weighted by molar-refractivity contribution is -0.136. The fourth-order valence-electron chi connectivity index (χ4n) is 5.67. The van der Waals surface area contributed by atoms with Crippen molar-refractivity contribution in [3.63, 3.8) is 0 Å². The van der Waals surface area contributed by atoms with Crippen LogP contribution in [0.2, 0.25) is 0 Å². The average Bonchev–Trinajstić information content (AvgIpc) is 3.26. The van der Waals surface area contributed by atoms with E-state index in [1.54, 1.807) is 4.90 Å². The first-order valence-electron chi connectivity index (χ1n) is 10.8. The first kappa shape index (κ1) is 19.7. The topological polar surface area (TPSA) is 105 Å². The molecule has 4 aliphatic rings. The van der Waals surface area contributed by atoms with Gasteiger partial charge in [0.25, 0.3) is 5.91 Å². The summed E-state index contributed by atoms with van der Waals surface area (Å²) < 4.78 is 5.69. The molecule has 0 aliphatic carbocycles. The van der Waals surface area contributed by atoms with E-state index in [4.69, 9.17) is 10.5 Å². The number of amides is 3. The second-order valence-electron chi connectivity index (χ2n) is 9.11. The average molecular weight is 412 g/mol. The number of nitrogens with zero attached hydrogens (tertiary/aromatic N) is 2. The molecule has 3 N–H and O–H groups in total. The monoisotopic (exact) mass is 412 g/mol. The van der Waals surface area contributed by atoms with Crippen molar-refractivity contribution in [3.05, 3.63) is 34.9 Å². The van der Waals surface area contributed by atoms with Gasteiger partial charge in [0.1, 0.15) is 6.04 Å². The standard InChI is InChI=1S/C22H28N4O4/c23-12-22-6-7-30-11-16(22)10-25(13-22)8-14-2-1-3-15-9-26(21(29)19(14)15)17-4-5-18(27)24-20(17)28/h1-3,16-17H,4-13,23H2,(H,24,27,28). The maximum Gasteiger partial charge on any atom is 0.255 e. The first-order valence-corrected chi connectivity index (χ1v) is 10.8. The van der Waals surface area contributed by atoms with Crippen molar-refractivity contribution in [1.82, 2.24) is 15.1 Å². The van der Waals surface area contributed by atoms with E-state index in [2.05, 4.69) is 10.2 Å². The number of ether oxygens (including phenoxy) is 1. The van der Waals surface area contributed by atoms with Crippen molar-refractivity contribution in [2.24, 2.45) is 17.1 Å². The summed E-state index contributed by atoms with van der Waals surface area (Å²) in [4.78, 5) is 41.1. The normalized spacial score (nSPS) is 31.6. The molecule has 3 unspecified atom stereocenters. The van der Waals surface area contributed by atoms with E-state index in [9.17, 15) is 14.4 Å². The summed E-state index contributed by atoms with van der Waals surface area (Å²) in [5.74, 6) is -0.316. The SMILES string of the molecule is NCC12CCOCC1CN(Cc1cccc3c1C(=O)N(C1CCC(=O)NC1=O)C3)C2. The van der Waals surface area contributed by atoms with Crippen LogP contribution < -0.4 is 11.1 Å². The smallest absolute Gasteiger partial charge is 0.255 e. The highest BCUT2D eigenvalue weighted by Gasteiger charge is 2.47. The second-order valence-corrected chi connectivity index (χ2v) is 9.11. The minimum Gasteiger partial charge on any atom is -0.381 e. The van der Waals surface area contributed by atoms with Gasteiger partial charge in [0.2, 0.25) is 11.8 Å². The number of likely N-dealkylation sites (tertiary alicyclic amines) is 1. The molecule has 4 heterocycles. The van der Waals surface area contributed by atoms with Crippen LogP contribution in [0.4, 0.5) is 0 Å². The number of benzene rings is 1. The number of nitrogens with one attached hydrogen (secondary N) is 1. The molecule has 5 rings (SSSR count). The molecule has 8 nitrogen and oxygen atoms in total. The van der Waals surface area contributed by atoms with E-state index in [-0.39, 0.29) is 29.6 Å². The predicted molar refractivity (Wildman–Crippen MR) is 108 cm³/mol. The molecular formula is C22H28N4O4. The van der Waals surface area contributed by atoms with Gasteiger partial charge in [-0.2, -0.15) is 0 Å². The molecule has 4 aliphatic heterocycles. The molecule has 0 spiro atoms. The molecule has 0 aromatic heterocycles. The van der Waals surface area contributed by atoms with Crippen LogP contribution in [0.25, 0.3) is 0 Å². The van der Waals surface area contributed by atoms with E-state index in [0.29, 0.717) is 32.0 Å². The summed E-state index contributed by atoms with van der Waals surface area (Å²) >= 11 is 0. The van der Waals surface area contributed by atoms with Crippen LogP contribution in [-0.4, -0.2) is 66.4 Å². The number of carbonyl (C=O) groups excluding carboxylic acids is 3. The Bertz CT molecular complexity index is 903. The highest BCUT2D eigenvalue weighted by molar-refractivity contribution is 6.05. The Hall–Kier alpha value is -2.29. The number of hydrogen-bond acceptors (Lipinski definition) is 6. The zero-order chi connectivity index (χ0) is 20.9. The van der Waals surface area contributed by atoms with Gasteiger partial charge in [0, 0.05) is 56.1 Å². The Labute approximate surface area is 175 Å². The molecule has 3 fully saturated rings. The van der Waals surface area contributed by atoms with Gasteiger partial charge in [0.05, 0.1) is 6.61 Å². The van der Waals surface area contributed by atoms with Crippen molar-refractivity contribution < 1.29 is 19.1 Å².